The molecule has 1 aliphatic heterocycles. The van der Waals surface area contributed by atoms with Gasteiger partial charge in [-0.25, -0.2) is 4.90 Å². The second kappa shape index (κ2) is 6.18. The van der Waals surface area contributed by atoms with Gasteiger partial charge in [0.2, 0.25) is 6.34 Å². The largest absolute Gasteiger partial charge is 0.392 e. The number of para-hydroxylation sites is 1. The summed E-state index contributed by atoms with van der Waals surface area (Å²) in [5.41, 5.74) is 2.79. The van der Waals surface area contributed by atoms with E-state index in [2.05, 4.69) is 74.7 Å². The smallest absolute Gasteiger partial charge is 0.239 e. The first-order valence-electron chi connectivity index (χ1n) is 7.92. The lowest BCUT2D eigenvalue weighted by Gasteiger charge is -2.23. The van der Waals surface area contributed by atoms with E-state index in [9.17, 15) is 5.11 Å². The second-order valence-electron chi connectivity index (χ2n) is 7.31. The van der Waals surface area contributed by atoms with Gasteiger partial charge in [-0.1, -0.05) is 52.8 Å². The fraction of sp³-hybridized carbons (Fsp3) is 0.611. The van der Waals surface area contributed by atoms with Crippen LogP contribution in [0.3, 0.4) is 0 Å². The zero-order chi connectivity index (χ0) is 15.6. The molecule has 0 saturated heterocycles. The van der Waals surface area contributed by atoms with Crippen molar-refractivity contribution in [3.8, 4) is 0 Å². The fourth-order valence-electron chi connectivity index (χ4n) is 3.07. The zero-order valence-electron chi connectivity index (χ0n) is 14.0. The average molecular weight is 289 g/mol. The zero-order valence-corrected chi connectivity index (χ0v) is 14.0. The lowest BCUT2D eigenvalue weighted by Crippen LogP contribution is -2.33. The van der Waals surface area contributed by atoms with Crippen molar-refractivity contribution in [1.29, 1.82) is 0 Å². The Bertz CT molecular complexity index is 514. The van der Waals surface area contributed by atoms with Crippen molar-refractivity contribution in [3.63, 3.8) is 0 Å². The Labute approximate surface area is 128 Å². The van der Waals surface area contributed by atoms with Crippen LogP contribution in [0.15, 0.2) is 24.3 Å². The first-order chi connectivity index (χ1) is 9.84. The van der Waals surface area contributed by atoms with E-state index in [-0.39, 0.29) is 12.0 Å². The molecule has 2 rings (SSSR count). The highest BCUT2D eigenvalue weighted by Crippen LogP contribution is 2.32. The maximum atomic E-state index is 9.29. The summed E-state index contributed by atoms with van der Waals surface area (Å²) in [6.45, 7) is 13.2. The van der Waals surface area contributed by atoms with Gasteiger partial charge in [0, 0.05) is 5.56 Å². The molecule has 1 N–H and O–H groups in total. The quantitative estimate of drug-likeness (QED) is 0.863. The minimum atomic E-state index is 0.127. The van der Waals surface area contributed by atoms with Gasteiger partial charge in [0.15, 0.2) is 0 Å². The second-order valence-corrected chi connectivity index (χ2v) is 7.31. The van der Waals surface area contributed by atoms with E-state index in [0.29, 0.717) is 18.5 Å². The topological polar surface area (TPSA) is 26.5 Å². The highest BCUT2D eigenvalue weighted by molar-refractivity contribution is 5.79. The van der Waals surface area contributed by atoms with E-state index in [0.717, 1.165) is 6.54 Å². The Balaban J connectivity index is 2.36. The van der Waals surface area contributed by atoms with Crippen LogP contribution in [0.4, 0.5) is 5.69 Å². The van der Waals surface area contributed by atoms with E-state index in [1.165, 1.54) is 11.3 Å². The van der Waals surface area contributed by atoms with E-state index < -0.39 is 0 Å². The molecule has 3 nitrogen and oxygen atoms in total. The van der Waals surface area contributed by atoms with Gasteiger partial charge in [-0.3, -0.25) is 4.58 Å². The molecule has 3 heteroatoms. The van der Waals surface area contributed by atoms with Crippen molar-refractivity contribution in [2.24, 2.45) is 5.92 Å². The van der Waals surface area contributed by atoms with E-state index in [1.807, 2.05) is 0 Å². The Hall–Kier alpha value is -1.35. The van der Waals surface area contributed by atoms with Crippen molar-refractivity contribution in [2.75, 3.05) is 24.6 Å². The van der Waals surface area contributed by atoms with Crippen LogP contribution in [-0.2, 0) is 5.41 Å². The molecule has 1 aliphatic rings. The number of β-amino-alcohol motifs (C(OH)–C–C–N with tert-alkyl or cyclic N) is 1. The SMILES string of the molecule is CC(C)[C@H]1CN(c2ccccc2C(C)(C)C)C=[N+]1CCO. The van der Waals surface area contributed by atoms with Gasteiger partial charge in [-0.2, -0.15) is 0 Å². The highest BCUT2D eigenvalue weighted by atomic mass is 16.3. The van der Waals surface area contributed by atoms with Gasteiger partial charge in [0.05, 0.1) is 6.61 Å². The maximum Gasteiger partial charge on any atom is 0.239 e. The Morgan fingerprint density at radius 2 is 1.95 bits per heavy atom. The molecule has 116 valence electrons. The molecule has 0 aromatic heterocycles. The summed E-state index contributed by atoms with van der Waals surface area (Å²) in [6, 6.07) is 9.12. The summed E-state index contributed by atoms with van der Waals surface area (Å²) >= 11 is 0. The van der Waals surface area contributed by atoms with Gasteiger partial charge >= 0.3 is 0 Å². The van der Waals surface area contributed by atoms with Gasteiger partial charge in [0.1, 0.15) is 24.8 Å². The normalized spacial score (nSPS) is 19.3. The number of anilines is 1. The molecule has 21 heavy (non-hydrogen) atoms. The molecule has 0 spiro atoms. The fourth-order valence-corrected chi connectivity index (χ4v) is 3.07. The Kier molecular flexibility index (Phi) is 4.72. The van der Waals surface area contributed by atoms with Gasteiger partial charge in [-0.05, 0) is 17.4 Å². The number of hydrogen-bond acceptors (Lipinski definition) is 2. The molecular weight excluding hydrogens is 260 g/mol. The molecule has 1 aromatic carbocycles. The first-order valence-corrected chi connectivity index (χ1v) is 7.92. The lowest BCUT2D eigenvalue weighted by atomic mass is 9.85. The predicted molar refractivity (Wildman–Crippen MR) is 89.4 cm³/mol. The predicted octanol–water partition coefficient (Wildman–Crippen LogP) is 2.86. The van der Waals surface area contributed by atoms with Crippen molar-refractivity contribution in [1.82, 2.24) is 0 Å². The van der Waals surface area contributed by atoms with Crippen LogP contribution in [0.1, 0.15) is 40.2 Å². The Morgan fingerprint density at radius 1 is 1.29 bits per heavy atom. The number of aliphatic hydroxyl groups is 1. The number of rotatable bonds is 4. The highest BCUT2D eigenvalue weighted by Gasteiger charge is 2.35. The summed E-state index contributed by atoms with van der Waals surface area (Å²) in [5, 5.41) is 9.29. The van der Waals surface area contributed by atoms with Crippen molar-refractivity contribution >= 4 is 12.0 Å². The summed E-state index contributed by atoms with van der Waals surface area (Å²) in [4.78, 5) is 2.35. The van der Waals surface area contributed by atoms with E-state index in [1.54, 1.807) is 0 Å². The van der Waals surface area contributed by atoms with E-state index in [4.69, 9.17) is 0 Å². The summed E-state index contributed by atoms with van der Waals surface area (Å²) in [6.07, 6.45) is 2.19. The van der Waals surface area contributed by atoms with Gasteiger partial charge < -0.3 is 5.11 Å². The molecular formula is C18H29N2O+. The monoisotopic (exact) mass is 289 g/mol. The molecule has 0 unspecified atom stereocenters. The number of hydrogen-bond donors (Lipinski definition) is 1. The average Bonchev–Trinajstić information content (AvgIpc) is 2.82. The Morgan fingerprint density at radius 3 is 2.52 bits per heavy atom. The minimum absolute atomic E-state index is 0.127. The van der Waals surface area contributed by atoms with Crippen molar-refractivity contribution in [2.45, 2.75) is 46.1 Å². The molecule has 0 fully saturated rings. The standard InChI is InChI=1S/C18H29N2O/c1-14(2)17-12-20(13-19(17)10-11-21)16-9-7-6-8-15(16)18(3,4)5/h6-9,13-14,17,21H,10-12H2,1-5H3/q+1/t17-/m1/s1. The minimum Gasteiger partial charge on any atom is -0.392 e. The molecule has 1 atom stereocenters. The van der Waals surface area contributed by atoms with Crippen LogP contribution in [0.2, 0.25) is 0 Å². The lowest BCUT2D eigenvalue weighted by molar-refractivity contribution is -0.560. The third kappa shape index (κ3) is 3.46. The van der Waals surface area contributed by atoms with Gasteiger partial charge in [-0.15, -0.1) is 0 Å². The third-order valence-electron chi connectivity index (χ3n) is 4.25. The third-order valence-corrected chi connectivity index (χ3v) is 4.25. The summed E-state index contributed by atoms with van der Waals surface area (Å²) in [7, 11) is 0. The van der Waals surface area contributed by atoms with Crippen LogP contribution in [0.25, 0.3) is 0 Å². The van der Waals surface area contributed by atoms with Crippen LogP contribution in [-0.4, -0.2) is 41.8 Å². The van der Waals surface area contributed by atoms with Crippen LogP contribution in [0, 0.1) is 5.92 Å². The molecule has 0 bridgehead atoms. The van der Waals surface area contributed by atoms with Crippen LogP contribution >= 0.6 is 0 Å². The maximum absolute atomic E-state index is 9.29. The van der Waals surface area contributed by atoms with Crippen LogP contribution < -0.4 is 4.90 Å². The molecule has 0 amide bonds. The number of aliphatic hydroxyl groups excluding tert-OH is 1. The molecule has 1 aromatic rings. The van der Waals surface area contributed by atoms with Gasteiger partial charge in [0.25, 0.3) is 0 Å². The van der Waals surface area contributed by atoms with Crippen LogP contribution in [0.5, 0.6) is 0 Å². The summed E-state index contributed by atoms with van der Waals surface area (Å²) in [5.74, 6) is 0.569. The van der Waals surface area contributed by atoms with E-state index >= 15 is 0 Å². The van der Waals surface area contributed by atoms with Crippen molar-refractivity contribution in [3.05, 3.63) is 29.8 Å². The summed E-state index contributed by atoms with van der Waals surface area (Å²) < 4.78 is 2.28. The molecule has 0 aliphatic carbocycles. The molecule has 0 radical (unpaired) electrons. The number of nitrogens with zero attached hydrogens (tertiary/aromatic N) is 2. The molecule has 0 saturated carbocycles. The number of benzene rings is 1. The molecule has 1 heterocycles. The van der Waals surface area contributed by atoms with Crippen molar-refractivity contribution < 1.29 is 9.68 Å². The first kappa shape index (κ1) is 16.0.